The van der Waals surface area contributed by atoms with Crippen LogP contribution >= 0.6 is 11.6 Å². The molecule has 0 fully saturated rings. The lowest BCUT2D eigenvalue weighted by Crippen LogP contribution is -2.32. The Hall–Kier alpha value is -1.34. The molecule has 0 saturated carbocycles. The second kappa shape index (κ2) is 6.04. The molecule has 0 saturated heterocycles. The van der Waals surface area contributed by atoms with E-state index in [0.29, 0.717) is 27.7 Å². The van der Waals surface area contributed by atoms with Gasteiger partial charge in [-0.25, -0.2) is 8.42 Å². The zero-order valence-corrected chi connectivity index (χ0v) is 13.3. The predicted molar refractivity (Wildman–Crippen MR) is 82.5 cm³/mol. The van der Waals surface area contributed by atoms with Gasteiger partial charge >= 0.3 is 0 Å². The molecule has 22 heavy (non-hydrogen) atoms. The molecule has 1 aromatic carbocycles. The van der Waals surface area contributed by atoms with Crippen LogP contribution in [0.1, 0.15) is 29.9 Å². The van der Waals surface area contributed by atoms with Crippen LogP contribution in [0.2, 0.25) is 5.02 Å². The second-order valence-electron chi connectivity index (χ2n) is 5.28. The molecule has 1 aliphatic rings. The van der Waals surface area contributed by atoms with Crippen molar-refractivity contribution in [2.75, 3.05) is 12.3 Å². The third-order valence-electron chi connectivity index (χ3n) is 3.79. The van der Waals surface area contributed by atoms with Crippen molar-refractivity contribution in [1.29, 1.82) is 0 Å². The Morgan fingerprint density at radius 1 is 1.41 bits per heavy atom. The van der Waals surface area contributed by atoms with E-state index >= 15 is 0 Å². The van der Waals surface area contributed by atoms with Gasteiger partial charge in [0.15, 0.2) is 9.84 Å². The van der Waals surface area contributed by atoms with E-state index in [1.54, 1.807) is 30.3 Å². The molecular formula is C15H16ClNO4S. The minimum atomic E-state index is -3.25. The predicted octanol–water partition coefficient (Wildman–Crippen LogP) is 2.47. The highest BCUT2D eigenvalue weighted by Gasteiger charge is 2.30. The van der Waals surface area contributed by atoms with E-state index in [9.17, 15) is 13.5 Å². The zero-order chi connectivity index (χ0) is 15.7. The molecule has 0 unspecified atom stereocenters. The number of fused-ring (bicyclic) bond motifs is 1. The Balaban J connectivity index is 1.80. The SMILES string of the molecule is O=S1(=O)CC[C@@H](NC[C@H](O)c2ccco2)c2cc(Cl)ccc21. The van der Waals surface area contributed by atoms with Crippen molar-refractivity contribution >= 4 is 21.4 Å². The molecule has 0 amide bonds. The maximum Gasteiger partial charge on any atom is 0.178 e. The Kier molecular flexibility index (Phi) is 4.27. The van der Waals surface area contributed by atoms with Crippen LogP contribution in [0.5, 0.6) is 0 Å². The van der Waals surface area contributed by atoms with Gasteiger partial charge in [0.2, 0.25) is 0 Å². The molecule has 0 radical (unpaired) electrons. The number of hydrogen-bond acceptors (Lipinski definition) is 5. The number of halogens is 1. The Bertz CT molecular complexity index is 758. The largest absolute Gasteiger partial charge is 0.467 e. The van der Waals surface area contributed by atoms with Gasteiger partial charge in [0.25, 0.3) is 0 Å². The van der Waals surface area contributed by atoms with Gasteiger partial charge in [0.1, 0.15) is 11.9 Å². The minimum absolute atomic E-state index is 0.0795. The molecule has 1 aromatic heterocycles. The maximum atomic E-state index is 12.1. The summed E-state index contributed by atoms with van der Waals surface area (Å²) < 4.78 is 29.4. The summed E-state index contributed by atoms with van der Waals surface area (Å²) in [4.78, 5) is 0.313. The Labute approximate surface area is 133 Å². The normalized spacial score (nSPS) is 21.3. The highest BCUT2D eigenvalue weighted by molar-refractivity contribution is 7.91. The van der Waals surface area contributed by atoms with Gasteiger partial charge in [0.05, 0.1) is 16.9 Å². The third-order valence-corrected chi connectivity index (χ3v) is 5.84. The van der Waals surface area contributed by atoms with Crippen molar-refractivity contribution in [2.24, 2.45) is 0 Å². The van der Waals surface area contributed by atoms with Gasteiger partial charge < -0.3 is 14.8 Å². The van der Waals surface area contributed by atoms with Crippen molar-refractivity contribution in [3.05, 3.63) is 52.9 Å². The summed E-state index contributed by atoms with van der Waals surface area (Å²) in [6, 6.07) is 8.04. The standard InChI is InChI=1S/C15H16ClNO4S/c16-10-3-4-15-11(8-10)12(5-7-22(15,19)20)17-9-13(18)14-2-1-6-21-14/h1-4,6,8,12-13,17-18H,5,7,9H2/t12-,13+/m1/s1. The molecule has 1 aliphatic heterocycles. The van der Waals surface area contributed by atoms with E-state index in [4.69, 9.17) is 16.0 Å². The molecule has 7 heteroatoms. The average Bonchev–Trinajstić information content (AvgIpc) is 3.00. The quantitative estimate of drug-likeness (QED) is 0.893. The van der Waals surface area contributed by atoms with Crippen LogP contribution < -0.4 is 5.32 Å². The Morgan fingerprint density at radius 3 is 2.95 bits per heavy atom. The molecule has 3 rings (SSSR count). The molecular weight excluding hydrogens is 326 g/mol. The lowest BCUT2D eigenvalue weighted by Gasteiger charge is -2.27. The number of sulfone groups is 1. The van der Waals surface area contributed by atoms with Gasteiger partial charge in [0, 0.05) is 17.6 Å². The van der Waals surface area contributed by atoms with Crippen LogP contribution in [0.15, 0.2) is 45.9 Å². The lowest BCUT2D eigenvalue weighted by molar-refractivity contribution is 0.143. The molecule has 0 aliphatic carbocycles. The van der Waals surface area contributed by atoms with E-state index < -0.39 is 15.9 Å². The van der Waals surface area contributed by atoms with Gasteiger partial charge in [-0.2, -0.15) is 0 Å². The summed E-state index contributed by atoms with van der Waals surface area (Å²) in [6.07, 6.45) is 1.16. The van der Waals surface area contributed by atoms with E-state index in [0.717, 1.165) is 0 Å². The van der Waals surface area contributed by atoms with E-state index in [2.05, 4.69) is 5.32 Å². The van der Waals surface area contributed by atoms with Crippen LogP contribution in [0.3, 0.4) is 0 Å². The monoisotopic (exact) mass is 341 g/mol. The summed E-state index contributed by atoms with van der Waals surface area (Å²) >= 11 is 5.99. The van der Waals surface area contributed by atoms with E-state index in [-0.39, 0.29) is 18.3 Å². The molecule has 5 nitrogen and oxygen atoms in total. The van der Waals surface area contributed by atoms with Crippen molar-refractivity contribution in [1.82, 2.24) is 5.32 Å². The van der Waals surface area contributed by atoms with Crippen molar-refractivity contribution in [3.63, 3.8) is 0 Å². The first-order valence-corrected chi connectivity index (χ1v) is 8.97. The molecule has 2 aromatic rings. The number of aliphatic hydroxyl groups excluding tert-OH is 1. The van der Waals surface area contributed by atoms with Crippen LogP contribution in [0, 0.1) is 0 Å². The first-order valence-electron chi connectivity index (χ1n) is 6.94. The first-order chi connectivity index (χ1) is 10.5. The fraction of sp³-hybridized carbons (Fsp3) is 0.333. The minimum Gasteiger partial charge on any atom is -0.467 e. The summed E-state index contributed by atoms with van der Waals surface area (Å²) in [5, 5.41) is 13.7. The van der Waals surface area contributed by atoms with Crippen LogP contribution in [0.4, 0.5) is 0 Å². The summed E-state index contributed by atoms with van der Waals surface area (Å²) in [7, 11) is -3.25. The molecule has 0 bridgehead atoms. The van der Waals surface area contributed by atoms with Gasteiger partial charge in [-0.05, 0) is 42.3 Å². The van der Waals surface area contributed by atoms with E-state index in [1.165, 1.54) is 6.26 Å². The summed E-state index contributed by atoms with van der Waals surface area (Å²) in [5.74, 6) is 0.554. The van der Waals surface area contributed by atoms with Crippen LogP contribution in [-0.2, 0) is 9.84 Å². The number of rotatable bonds is 4. The molecule has 0 spiro atoms. The first kappa shape index (κ1) is 15.6. The topological polar surface area (TPSA) is 79.5 Å². The fourth-order valence-corrected chi connectivity index (χ4v) is 4.44. The van der Waals surface area contributed by atoms with Crippen molar-refractivity contribution in [3.8, 4) is 0 Å². The van der Waals surface area contributed by atoms with Crippen molar-refractivity contribution in [2.45, 2.75) is 23.5 Å². The second-order valence-corrected chi connectivity index (χ2v) is 7.80. The van der Waals surface area contributed by atoms with Gasteiger partial charge in [-0.15, -0.1) is 0 Å². The van der Waals surface area contributed by atoms with Gasteiger partial charge in [-0.3, -0.25) is 0 Å². The third kappa shape index (κ3) is 3.05. The van der Waals surface area contributed by atoms with Crippen molar-refractivity contribution < 1.29 is 17.9 Å². The molecule has 118 valence electrons. The number of benzene rings is 1. The summed E-state index contributed by atoms with van der Waals surface area (Å²) in [6.45, 7) is 0.268. The van der Waals surface area contributed by atoms with Gasteiger partial charge in [-0.1, -0.05) is 11.6 Å². The molecule has 2 heterocycles. The van der Waals surface area contributed by atoms with E-state index in [1.807, 2.05) is 0 Å². The number of furan rings is 1. The number of hydrogen-bond donors (Lipinski definition) is 2. The number of aliphatic hydroxyl groups is 1. The Morgan fingerprint density at radius 2 is 2.23 bits per heavy atom. The lowest BCUT2D eigenvalue weighted by atomic mass is 10.0. The maximum absolute atomic E-state index is 12.1. The zero-order valence-electron chi connectivity index (χ0n) is 11.7. The van der Waals surface area contributed by atoms with Crippen LogP contribution in [0.25, 0.3) is 0 Å². The highest BCUT2D eigenvalue weighted by atomic mass is 35.5. The average molecular weight is 342 g/mol. The van der Waals surface area contributed by atoms with Crippen LogP contribution in [-0.4, -0.2) is 25.8 Å². The highest BCUT2D eigenvalue weighted by Crippen LogP contribution is 2.34. The summed E-state index contributed by atoms with van der Waals surface area (Å²) in [5.41, 5.74) is 0.658. The molecule has 2 N–H and O–H groups in total. The smallest absolute Gasteiger partial charge is 0.178 e. The fourth-order valence-electron chi connectivity index (χ4n) is 2.66. The molecule has 2 atom stereocenters. The number of nitrogens with one attached hydrogen (secondary N) is 1.